The van der Waals surface area contributed by atoms with Crippen LogP contribution in [0.5, 0.6) is 0 Å². The average Bonchev–Trinajstić information content (AvgIpc) is 3.93. The third-order valence-corrected chi connectivity index (χ3v) is 12.8. The van der Waals surface area contributed by atoms with E-state index in [4.69, 9.17) is 20.4 Å². The summed E-state index contributed by atoms with van der Waals surface area (Å²) in [6.07, 6.45) is -6.27. The minimum Gasteiger partial charge on any atom is -0.444 e. The van der Waals surface area contributed by atoms with Gasteiger partial charge >= 0.3 is 12.3 Å². The average molecular weight is 980 g/mol. The van der Waals surface area contributed by atoms with E-state index in [1.807, 2.05) is 11.8 Å². The molecule has 2 aromatic carbocycles. The Bertz CT molecular complexity index is 3040. The molecule has 25 heteroatoms. The second-order valence-electron chi connectivity index (χ2n) is 17.6. The topological polar surface area (TPSA) is 195 Å². The standard InChI is InChI=1S/C42H44F7N11O5S2/c1-20-18-58(10-11-59(20)39(62)65-40(2,3)4)38-53-37-29(66-38)16-26(24-8-7-9-25-33(24)57(5)55-36(25)56-67(6,63)64)32(52-37)28(14-21-12-22(43)15-23(44)13-21)51-30(61)19-60-35-31(27(50)17-41(35,45)46)34(54-60)42(47,48)49/h7-9,12-13,15-16,20,27-28H,10-11,14,17-19,50H2,1-6H3,(H,51,61)(H,55,56)/t20-,27+,28+/m1/s1. The molecule has 0 spiro atoms. The van der Waals surface area contributed by atoms with Crippen molar-refractivity contribution >= 4 is 65.6 Å². The maximum atomic E-state index is 15.3. The number of rotatable bonds is 10. The Labute approximate surface area is 382 Å². The number of nitrogens with two attached hydrogens (primary N) is 1. The summed E-state index contributed by atoms with van der Waals surface area (Å²) >= 11 is 1.25. The third kappa shape index (κ3) is 9.70. The SMILES string of the molecule is C[C@@H]1CN(c2nc3nc([C@H](Cc4cc(F)cc(F)c4)NC(=O)Cn4nc(C(F)(F)F)c5c4C(F)(F)C[C@@H]5N)c(-c4cccc5c(NS(C)(=O)=O)nn(C)c45)cc3s2)CCN1C(=O)OC(C)(C)C. The first-order chi connectivity index (χ1) is 31.2. The summed E-state index contributed by atoms with van der Waals surface area (Å²) in [6, 6.07) is 5.79. The number of aryl methyl sites for hydroxylation is 1. The molecule has 4 aromatic heterocycles. The number of nitrogens with zero attached hydrogens (tertiary/aromatic N) is 8. The smallest absolute Gasteiger partial charge is 0.435 e. The fraction of sp³-hybridized carbons (Fsp3) is 0.429. The summed E-state index contributed by atoms with van der Waals surface area (Å²) in [7, 11) is -2.27. The van der Waals surface area contributed by atoms with Gasteiger partial charge in [0.25, 0.3) is 5.92 Å². The van der Waals surface area contributed by atoms with E-state index in [1.165, 1.54) is 16.0 Å². The molecule has 67 heavy (non-hydrogen) atoms. The Morgan fingerprint density at radius 3 is 2.37 bits per heavy atom. The van der Waals surface area contributed by atoms with Crippen LogP contribution in [0.2, 0.25) is 0 Å². The second-order valence-corrected chi connectivity index (χ2v) is 20.4. The molecule has 1 fully saturated rings. The number of alkyl halides is 5. The van der Waals surface area contributed by atoms with Crippen molar-refractivity contribution in [3.63, 3.8) is 0 Å². The lowest BCUT2D eigenvalue weighted by Crippen LogP contribution is -2.55. The second kappa shape index (κ2) is 16.9. The third-order valence-electron chi connectivity index (χ3n) is 11.1. The van der Waals surface area contributed by atoms with E-state index in [-0.39, 0.29) is 39.0 Å². The number of pyridine rings is 1. The van der Waals surface area contributed by atoms with Crippen molar-refractivity contribution in [2.24, 2.45) is 12.8 Å². The first-order valence-electron chi connectivity index (χ1n) is 20.7. The molecule has 5 heterocycles. The van der Waals surface area contributed by atoms with E-state index < -0.39 is 99.8 Å². The number of hydrogen-bond donors (Lipinski definition) is 3. The number of fused-ring (bicyclic) bond motifs is 3. The Morgan fingerprint density at radius 1 is 1.03 bits per heavy atom. The summed E-state index contributed by atoms with van der Waals surface area (Å²) in [5, 5.41) is 11.3. The van der Waals surface area contributed by atoms with Crippen LogP contribution in [0.15, 0.2) is 42.5 Å². The molecule has 16 nitrogen and oxygen atoms in total. The number of nitrogens with one attached hydrogen (secondary N) is 2. The highest BCUT2D eigenvalue weighted by Crippen LogP contribution is 2.50. The Balaban J connectivity index is 1.26. The molecule has 2 amide bonds. The van der Waals surface area contributed by atoms with Gasteiger partial charge in [-0.2, -0.15) is 37.1 Å². The highest BCUT2D eigenvalue weighted by molar-refractivity contribution is 7.92. The molecular weight excluding hydrogens is 936 g/mol. The summed E-state index contributed by atoms with van der Waals surface area (Å²) in [5.41, 5.74) is 2.49. The van der Waals surface area contributed by atoms with Crippen LogP contribution in [0, 0.1) is 11.6 Å². The zero-order valence-corrected chi connectivity index (χ0v) is 38.3. The molecule has 358 valence electrons. The largest absolute Gasteiger partial charge is 0.444 e. The van der Waals surface area contributed by atoms with Crippen LogP contribution >= 0.6 is 11.3 Å². The molecule has 4 N–H and O–H groups in total. The lowest BCUT2D eigenvalue weighted by atomic mass is 9.94. The Morgan fingerprint density at radius 2 is 1.73 bits per heavy atom. The normalized spacial score (nSPS) is 18.1. The van der Waals surface area contributed by atoms with Gasteiger partial charge in [-0.3, -0.25) is 18.9 Å². The predicted molar refractivity (Wildman–Crippen MR) is 234 cm³/mol. The van der Waals surface area contributed by atoms with Crippen molar-refractivity contribution in [1.29, 1.82) is 0 Å². The van der Waals surface area contributed by atoms with Crippen LogP contribution in [0.1, 0.15) is 74.4 Å². The number of benzene rings is 2. The number of aromatic nitrogens is 6. The van der Waals surface area contributed by atoms with Gasteiger partial charge in [-0.15, -0.1) is 0 Å². The predicted octanol–water partition coefficient (Wildman–Crippen LogP) is 7.15. The highest BCUT2D eigenvalue weighted by atomic mass is 32.2. The first-order valence-corrected chi connectivity index (χ1v) is 23.4. The number of carbonyl (C=O) groups excluding carboxylic acids is 2. The molecule has 0 bridgehead atoms. The molecule has 1 saturated heterocycles. The van der Waals surface area contributed by atoms with Crippen molar-refractivity contribution in [2.45, 2.75) is 82.9 Å². The van der Waals surface area contributed by atoms with E-state index >= 15 is 8.78 Å². The Kier molecular flexibility index (Phi) is 12.0. The first kappa shape index (κ1) is 47.4. The van der Waals surface area contributed by atoms with Crippen molar-refractivity contribution < 1.29 is 53.5 Å². The monoisotopic (exact) mass is 979 g/mol. The van der Waals surface area contributed by atoms with Crippen LogP contribution in [0.25, 0.3) is 32.4 Å². The highest BCUT2D eigenvalue weighted by Gasteiger charge is 2.53. The number of anilines is 2. The van der Waals surface area contributed by atoms with E-state index in [0.717, 1.165) is 18.4 Å². The van der Waals surface area contributed by atoms with Crippen molar-refractivity contribution in [1.82, 2.24) is 39.7 Å². The van der Waals surface area contributed by atoms with E-state index in [0.29, 0.717) is 52.0 Å². The van der Waals surface area contributed by atoms with Gasteiger partial charge in [0.05, 0.1) is 28.2 Å². The van der Waals surface area contributed by atoms with E-state index in [2.05, 4.69) is 20.2 Å². The molecule has 3 atom stereocenters. The van der Waals surface area contributed by atoms with E-state index in [1.54, 1.807) is 57.0 Å². The number of thiazole rings is 1. The van der Waals surface area contributed by atoms with Crippen molar-refractivity contribution in [3.8, 4) is 11.1 Å². The number of para-hydroxylation sites is 1. The van der Waals surface area contributed by atoms with Crippen LogP contribution in [-0.2, 0) is 51.7 Å². The van der Waals surface area contributed by atoms with Crippen LogP contribution < -0.4 is 20.7 Å². The molecule has 0 radical (unpaired) electrons. The van der Waals surface area contributed by atoms with Crippen LogP contribution in [0.4, 0.5) is 46.5 Å². The maximum Gasteiger partial charge on any atom is 0.435 e. The minimum atomic E-state index is -5.19. The number of ether oxygens (including phenoxy) is 1. The summed E-state index contributed by atoms with van der Waals surface area (Å²) in [4.78, 5) is 40.5. The van der Waals surface area contributed by atoms with Gasteiger partial charge in [-0.1, -0.05) is 23.5 Å². The van der Waals surface area contributed by atoms with Gasteiger partial charge in [0.15, 0.2) is 22.3 Å². The molecule has 0 unspecified atom stereocenters. The minimum absolute atomic E-state index is 0.00156. The van der Waals surface area contributed by atoms with Crippen molar-refractivity contribution in [2.75, 3.05) is 35.5 Å². The maximum absolute atomic E-state index is 15.3. The van der Waals surface area contributed by atoms with Crippen LogP contribution in [0.3, 0.4) is 0 Å². The lowest BCUT2D eigenvalue weighted by molar-refractivity contribution is -0.142. The molecule has 0 saturated carbocycles. The molecular formula is C42H44F7N11O5S2. The van der Waals surface area contributed by atoms with Gasteiger partial charge in [0.2, 0.25) is 15.9 Å². The summed E-state index contributed by atoms with van der Waals surface area (Å²) in [5.74, 6) is -6.95. The van der Waals surface area contributed by atoms with Gasteiger partial charge in [-0.05, 0) is 63.9 Å². The number of halogens is 7. The number of piperazine rings is 1. The lowest BCUT2D eigenvalue weighted by Gasteiger charge is -2.40. The molecule has 1 aliphatic carbocycles. The van der Waals surface area contributed by atoms with Gasteiger partial charge in [0, 0.05) is 73.3 Å². The molecule has 1 aliphatic heterocycles. The van der Waals surface area contributed by atoms with Gasteiger partial charge in [-0.25, -0.2) is 27.0 Å². The van der Waals surface area contributed by atoms with Gasteiger partial charge < -0.3 is 25.6 Å². The number of carbonyl (C=O) groups is 2. The summed E-state index contributed by atoms with van der Waals surface area (Å²) in [6.45, 7) is 7.01. The van der Waals surface area contributed by atoms with E-state index in [9.17, 15) is 40.0 Å². The van der Waals surface area contributed by atoms with Crippen molar-refractivity contribution in [3.05, 3.63) is 82.3 Å². The zero-order chi connectivity index (χ0) is 48.7. The molecule has 6 aromatic rings. The van der Waals surface area contributed by atoms with Crippen LogP contribution in [-0.4, -0.2) is 92.4 Å². The number of sulfonamides is 1. The summed E-state index contributed by atoms with van der Waals surface area (Å²) < 4.78 is 137. The molecule has 2 aliphatic rings. The van der Waals surface area contributed by atoms with Gasteiger partial charge in [0.1, 0.15) is 29.5 Å². The number of amides is 2. The fourth-order valence-corrected chi connectivity index (χ4v) is 10.1. The Hall–Kier alpha value is -6.08. The number of hydrogen-bond acceptors (Lipinski definition) is 12. The molecule has 8 rings (SSSR count). The zero-order valence-electron chi connectivity index (χ0n) is 36.7. The fourth-order valence-electron chi connectivity index (χ4n) is 8.58. The quantitative estimate of drug-likeness (QED) is 0.118.